The summed E-state index contributed by atoms with van der Waals surface area (Å²) in [6.07, 6.45) is 4.08. The zero-order valence-electron chi connectivity index (χ0n) is 11.2. The van der Waals surface area contributed by atoms with E-state index in [4.69, 9.17) is 0 Å². The molecule has 0 spiro atoms. The van der Waals surface area contributed by atoms with E-state index in [1.54, 1.807) is 11.3 Å². The predicted molar refractivity (Wildman–Crippen MR) is 78.3 cm³/mol. The van der Waals surface area contributed by atoms with Crippen LogP contribution in [0.4, 0.5) is 0 Å². The average Bonchev–Trinajstić information content (AvgIpc) is 2.79. The molecule has 1 N–H and O–H groups in total. The molecule has 2 aromatic rings. The Hall–Kier alpha value is -1.19. The fourth-order valence-electron chi connectivity index (χ4n) is 2.33. The van der Waals surface area contributed by atoms with E-state index in [9.17, 15) is 0 Å². The van der Waals surface area contributed by atoms with E-state index in [-0.39, 0.29) is 0 Å². The first-order chi connectivity index (χ1) is 8.67. The Morgan fingerprint density at radius 3 is 2.44 bits per heavy atom. The Bertz CT molecular complexity index is 471. The second-order valence-corrected chi connectivity index (χ2v) is 5.83. The smallest absolute Gasteiger partial charge is 0.0794 e. The van der Waals surface area contributed by atoms with Crippen molar-refractivity contribution in [1.29, 1.82) is 0 Å². The number of nitrogens with zero attached hydrogens (tertiary/aromatic N) is 1. The lowest BCUT2D eigenvalue weighted by Gasteiger charge is -2.16. The zero-order chi connectivity index (χ0) is 13.0. The van der Waals surface area contributed by atoms with E-state index in [0.29, 0.717) is 6.04 Å². The average molecular weight is 260 g/mol. The number of hydrogen-bond acceptors (Lipinski definition) is 3. The molecule has 1 atom stereocenters. The highest BCUT2D eigenvalue weighted by Crippen LogP contribution is 2.14. The van der Waals surface area contributed by atoms with Crippen molar-refractivity contribution in [3.05, 3.63) is 51.5 Å². The van der Waals surface area contributed by atoms with Crippen LogP contribution >= 0.6 is 11.3 Å². The van der Waals surface area contributed by atoms with Crippen LogP contribution in [-0.2, 0) is 12.8 Å². The maximum Gasteiger partial charge on any atom is 0.0794 e. The van der Waals surface area contributed by atoms with Gasteiger partial charge in [-0.2, -0.15) is 0 Å². The van der Waals surface area contributed by atoms with Crippen LogP contribution < -0.4 is 5.32 Å². The number of rotatable bonds is 5. The molecule has 96 valence electrons. The number of aryl methyl sites for hydroxylation is 2. The van der Waals surface area contributed by atoms with Gasteiger partial charge in [-0.05, 0) is 39.3 Å². The van der Waals surface area contributed by atoms with Crippen molar-refractivity contribution in [2.45, 2.75) is 32.7 Å². The van der Waals surface area contributed by atoms with E-state index in [2.05, 4.69) is 42.3 Å². The van der Waals surface area contributed by atoms with Crippen molar-refractivity contribution < 1.29 is 0 Å². The van der Waals surface area contributed by atoms with Gasteiger partial charge in [0.15, 0.2) is 0 Å². The number of benzene rings is 1. The molecule has 0 amide bonds. The number of thiazole rings is 1. The van der Waals surface area contributed by atoms with E-state index < -0.39 is 0 Å². The SMILES string of the molecule is CNC(Cc1cc(C)cc(C)c1)Cc1cncs1. The highest BCUT2D eigenvalue weighted by Gasteiger charge is 2.10. The van der Waals surface area contributed by atoms with Crippen molar-refractivity contribution in [2.24, 2.45) is 0 Å². The summed E-state index contributed by atoms with van der Waals surface area (Å²) in [5, 5.41) is 3.41. The molecular weight excluding hydrogens is 240 g/mol. The molecule has 3 heteroatoms. The maximum absolute atomic E-state index is 4.14. The lowest BCUT2D eigenvalue weighted by molar-refractivity contribution is 0.559. The third kappa shape index (κ3) is 3.65. The molecule has 18 heavy (non-hydrogen) atoms. The van der Waals surface area contributed by atoms with Gasteiger partial charge in [0.2, 0.25) is 0 Å². The first kappa shape index (κ1) is 13.2. The van der Waals surface area contributed by atoms with Crippen molar-refractivity contribution in [3.8, 4) is 0 Å². The summed E-state index contributed by atoms with van der Waals surface area (Å²) in [4.78, 5) is 5.48. The van der Waals surface area contributed by atoms with Gasteiger partial charge in [0.25, 0.3) is 0 Å². The van der Waals surface area contributed by atoms with Gasteiger partial charge in [-0.3, -0.25) is 4.98 Å². The van der Waals surface area contributed by atoms with E-state index >= 15 is 0 Å². The molecule has 1 aromatic heterocycles. The summed E-state index contributed by atoms with van der Waals surface area (Å²) >= 11 is 1.73. The number of likely N-dealkylation sites (N-methyl/N-ethyl adjacent to an activating group) is 1. The predicted octanol–water partition coefficient (Wildman–Crippen LogP) is 3.13. The Morgan fingerprint density at radius 1 is 1.17 bits per heavy atom. The number of nitrogens with one attached hydrogen (secondary N) is 1. The summed E-state index contributed by atoms with van der Waals surface area (Å²) < 4.78 is 0. The molecule has 2 rings (SSSR count). The summed E-state index contributed by atoms with van der Waals surface area (Å²) in [5.74, 6) is 0. The van der Waals surface area contributed by atoms with Crippen LogP contribution in [0.25, 0.3) is 0 Å². The van der Waals surface area contributed by atoms with E-state index in [1.165, 1.54) is 21.6 Å². The molecule has 0 bridgehead atoms. The second kappa shape index (κ2) is 6.12. The van der Waals surface area contributed by atoms with Crippen molar-refractivity contribution in [2.75, 3.05) is 7.05 Å². The summed E-state index contributed by atoms with van der Waals surface area (Å²) in [5.41, 5.74) is 6.01. The highest BCUT2D eigenvalue weighted by atomic mass is 32.1. The molecule has 0 radical (unpaired) electrons. The topological polar surface area (TPSA) is 24.9 Å². The van der Waals surface area contributed by atoms with E-state index in [0.717, 1.165) is 12.8 Å². The van der Waals surface area contributed by atoms with Crippen LogP contribution in [0.3, 0.4) is 0 Å². The lowest BCUT2D eigenvalue weighted by Crippen LogP contribution is -2.29. The van der Waals surface area contributed by atoms with Crippen molar-refractivity contribution >= 4 is 11.3 Å². The fourth-order valence-corrected chi connectivity index (χ4v) is 3.01. The molecule has 2 nitrogen and oxygen atoms in total. The Morgan fingerprint density at radius 2 is 1.89 bits per heavy atom. The van der Waals surface area contributed by atoms with Gasteiger partial charge < -0.3 is 5.32 Å². The quantitative estimate of drug-likeness (QED) is 0.893. The first-order valence-corrected chi connectivity index (χ1v) is 7.17. The van der Waals surface area contributed by atoms with Gasteiger partial charge in [0.1, 0.15) is 0 Å². The Labute approximate surface area is 113 Å². The van der Waals surface area contributed by atoms with Crippen LogP contribution in [0.1, 0.15) is 21.6 Å². The number of aromatic nitrogens is 1. The Kier molecular flexibility index (Phi) is 4.50. The lowest BCUT2D eigenvalue weighted by atomic mass is 9.99. The van der Waals surface area contributed by atoms with Gasteiger partial charge in [0, 0.05) is 17.1 Å². The zero-order valence-corrected chi connectivity index (χ0v) is 12.1. The van der Waals surface area contributed by atoms with Gasteiger partial charge in [-0.15, -0.1) is 11.3 Å². The molecule has 0 fully saturated rings. The molecule has 0 aliphatic carbocycles. The van der Waals surface area contributed by atoms with Gasteiger partial charge in [-0.25, -0.2) is 0 Å². The first-order valence-electron chi connectivity index (χ1n) is 6.29. The molecular formula is C15H20N2S. The minimum absolute atomic E-state index is 0.478. The largest absolute Gasteiger partial charge is 0.316 e. The number of hydrogen-bond donors (Lipinski definition) is 1. The van der Waals surface area contributed by atoms with Gasteiger partial charge in [0.05, 0.1) is 5.51 Å². The summed E-state index contributed by atoms with van der Waals surface area (Å²) in [7, 11) is 2.04. The molecule has 1 unspecified atom stereocenters. The molecule has 0 saturated carbocycles. The third-order valence-corrected chi connectivity index (χ3v) is 3.90. The molecule has 1 aromatic carbocycles. The summed E-state index contributed by atoms with van der Waals surface area (Å²) in [6.45, 7) is 4.32. The van der Waals surface area contributed by atoms with Crippen LogP contribution in [0.2, 0.25) is 0 Å². The molecule has 1 heterocycles. The van der Waals surface area contributed by atoms with Gasteiger partial charge >= 0.3 is 0 Å². The van der Waals surface area contributed by atoms with Crippen LogP contribution in [0.15, 0.2) is 29.9 Å². The van der Waals surface area contributed by atoms with Crippen molar-refractivity contribution in [1.82, 2.24) is 10.3 Å². The normalized spacial score (nSPS) is 12.6. The van der Waals surface area contributed by atoms with Crippen LogP contribution in [0, 0.1) is 13.8 Å². The maximum atomic E-state index is 4.14. The van der Waals surface area contributed by atoms with E-state index in [1.807, 2.05) is 18.8 Å². The fraction of sp³-hybridized carbons (Fsp3) is 0.400. The monoisotopic (exact) mass is 260 g/mol. The third-order valence-electron chi connectivity index (χ3n) is 3.10. The minimum Gasteiger partial charge on any atom is -0.316 e. The second-order valence-electron chi connectivity index (χ2n) is 4.86. The highest BCUT2D eigenvalue weighted by molar-refractivity contribution is 7.09. The Balaban J connectivity index is 2.05. The van der Waals surface area contributed by atoms with Crippen LogP contribution in [-0.4, -0.2) is 18.1 Å². The molecule has 0 aliphatic rings. The van der Waals surface area contributed by atoms with Crippen molar-refractivity contribution in [3.63, 3.8) is 0 Å². The van der Waals surface area contributed by atoms with Gasteiger partial charge in [-0.1, -0.05) is 29.3 Å². The summed E-state index contributed by atoms with van der Waals surface area (Å²) in [6, 6.07) is 7.27. The molecule has 0 saturated heterocycles. The van der Waals surface area contributed by atoms with Crippen LogP contribution in [0.5, 0.6) is 0 Å². The molecule has 0 aliphatic heterocycles. The minimum atomic E-state index is 0.478. The standard InChI is InChI=1S/C15H20N2S/c1-11-4-12(2)6-13(5-11)7-14(16-3)8-15-9-17-10-18-15/h4-6,9-10,14,16H,7-8H2,1-3H3.